The molecule has 0 aliphatic carbocycles. The summed E-state index contributed by atoms with van der Waals surface area (Å²) in [4.78, 5) is 26.5. The van der Waals surface area contributed by atoms with Gasteiger partial charge in [0, 0.05) is 0 Å². The molecule has 2 aromatic rings. The van der Waals surface area contributed by atoms with Crippen molar-refractivity contribution in [1.82, 2.24) is 4.98 Å². The van der Waals surface area contributed by atoms with E-state index in [1.807, 2.05) is 0 Å². The molecule has 1 atom stereocenters. The van der Waals surface area contributed by atoms with Crippen molar-refractivity contribution in [3.63, 3.8) is 0 Å². The van der Waals surface area contributed by atoms with Gasteiger partial charge in [-0.3, -0.25) is 0 Å². The predicted octanol–water partition coefficient (Wildman–Crippen LogP) is 3.60. The van der Waals surface area contributed by atoms with E-state index in [-0.39, 0.29) is 11.5 Å². The normalized spacial score (nSPS) is 12.6. The summed E-state index contributed by atoms with van der Waals surface area (Å²) in [6.07, 6.45) is -7.13. The first-order valence-corrected chi connectivity index (χ1v) is 7.32. The molecule has 27 heavy (non-hydrogen) atoms. The number of carboxylic acid groups (broad SMARTS) is 1. The molecule has 0 amide bonds. The number of hydrogen-bond donors (Lipinski definition) is 1. The van der Waals surface area contributed by atoms with Crippen LogP contribution in [0, 0.1) is 12.7 Å². The number of aryl methyl sites for hydroxylation is 1. The number of ether oxygens (including phenoxy) is 2. The SMILES string of the molecule is COC(=O)c1nc(-c2cc(O[C@@H](C)C(F)(F)F)c(C(=O)O)cc2F)oc1C. The third kappa shape index (κ3) is 4.18. The van der Waals surface area contributed by atoms with E-state index >= 15 is 0 Å². The zero-order valence-corrected chi connectivity index (χ0v) is 14.2. The van der Waals surface area contributed by atoms with Crippen molar-refractivity contribution in [2.45, 2.75) is 26.1 Å². The third-order valence-electron chi connectivity index (χ3n) is 3.47. The van der Waals surface area contributed by atoms with Crippen LogP contribution in [0.25, 0.3) is 11.5 Å². The standard InChI is InChI=1S/C16H13F4NO6/c1-6-12(15(24)25-3)21-13(26-6)8-5-11(27-7(2)16(18,19)20)9(14(22)23)4-10(8)17/h4-5,7H,1-3H3,(H,22,23)/t7-/m0/s1. The van der Waals surface area contributed by atoms with Crippen LogP contribution in [0.3, 0.4) is 0 Å². The Labute approximate surface area is 149 Å². The van der Waals surface area contributed by atoms with E-state index in [2.05, 4.69) is 14.5 Å². The van der Waals surface area contributed by atoms with Crippen LogP contribution in [0.15, 0.2) is 16.5 Å². The summed E-state index contributed by atoms with van der Waals surface area (Å²) in [6, 6.07) is 1.20. The molecular weight excluding hydrogens is 378 g/mol. The molecule has 1 heterocycles. The van der Waals surface area contributed by atoms with Crippen molar-refractivity contribution in [3.05, 3.63) is 35.0 Å². The smallest absolute Gasteiger partial charge is 0.425 e. The summed E-state index contributed by atoms with van der Waals surface area (Å²) < 4.78 is 66.8. The highest BCUT2D eigenvalue weighted by Crippen LogP contribution is 2.34. The summed E-state index contributed by atoms with van der Waals surface area (Å²) in [5.74, 6) is -4.91. The van der Waals surface area contributed by atoms with Gasteiger partial charge in [0.25, 0.3) is 0 Å². The van der Waals surface area contributed by atoms with Crippen LogP contribution in [0.1, 0.15) is 33.5 Å². The Hall–Kier alpha value is -3.11. The Kier molecular flexibility index (Phi) is 5.43. The van der Waals surface area contributed by atoms with Gasteiger partial charge in [0.2, 0.25) is 5.89 Å². The third-order valence-corrected chi connectivity index (χ3v) is 3.47. The van der Waals surface area contributed by atoms with Crippen molar-refractivity contribution < 1.29 is 46.1 Å². The fraction of sp³-hybridized carbons (Fsp3) is 0.312. The zero-order chi connectivity index (χ0) is 20.5. The van der Waals surface area contributed by atoms with Gasteiger partial charge in [-0.25, -0.2) is 19.0 Å². The minimum atomic E-state index is -4.78. The van der Waals surface area contributed by atoms with Gasteiger partial charge in [-0.1, -0.05) is 0 Å². The second-order valence-electron chi connectivity index (χ2n) is 5.35. The molecule has 0 saturated carbocycles. The quantitative estimate of drug-likeness (QED) is 0.614. The number of oxazole rings is 1. The van der Waals surface area contributed by atoms with E-state index in [0.717, 1.165) is 7.11 Å². The molecule has 1 N–H and O–H groups in total. The molecule has 0 fully saturated rings. The number of halogens is 4. The number of aromatic nitrogens is 1. The van der Waals surface area contributed by atoms with Gasteiger partial charge >= 0.3 is 18.1 Å². The molecule has 1 aromatic heterocycles. The summed E-state index contributed by atoms with van der Waals surface area (Å²) in [6.45, 7) is 2.01. The maximum atomic E-state index is 14.3. The molecule has 0 bridgehead atoms. The molecule has 2 rings (SSSR count). The molecular formula is C16H13F4NO6. The van der Waals surface area contributed by atoms with Crippen LogP contribution in [0.4, 0.5) is 17.6 Å². The van der Waals surface area contributed by atoms with Gasteiger partial charge in [-0.2, -0.15) is 13.2 Å². The lowest BCUT2D eigenvalue weighted by molar-refractivity contribution is -0.189. The summed E-state index contributed by atoms with van der Waals surface area (Å²) in [7, 11) is 1.09. The highest BCUT2D eigenvalue weighted by molar-refractivity contribution is 5.92. The molecule has 0 aliphatic heterocycles. The van der Waals surface area contributed by atoms with Gasteiger partial charge in [0.15, 0.2) is 11.8 Å². The molecule has 1 aromatic carbocycles. The maximum Gasteiger partial charge on any atom is 0.425 e. The number of nitrogens with zero attached hydrogens (tertiary/aromatic N) is 1. The molecule has 0 radical (unpaired) electrons. The lowest BCUT2D eigenvalue weighted by atomic mass is 10.1. The number of esters is 1. The summed E-state index contributed by atoms with van der Waals surface area (Å²) in [5, 5.41) is 9.09. The monoisotopic (exact) mass is 391 g/mol. The second-order valence-corrected chi connectivity index (χ2v) is 5.35. The molecule has 11 heteroatoms. The zero-order valence-electron chi connectivity index (χ0n) is 14.2. The van der Waals surface area contributed by atoms with Crippen LogP contribution < -0.4 is 4.74 Å². The maximum absolute atomic E-state index is 14.3. The first-order chi connectivity index (χ1) is 12.5. The van der Waals surface area contributed by atoms with Gasteiger partial charge in [-0.15, -0.1) is 0 Å². The van der Waals surface area contributed by atoms with Crippen molar-refractivity contribution in [3.8, 4) is 17.2 Å². The summed E-state index contributed by atoms with van der Waals surface area (Å²) in [5.41, 5.74) is -1.56. The number of alkyl halides is 3. The molecule has 146 valence electrons. The Morgan fingerprint density at radius 3 is 2.44 bits per heavy atom. The number of aromatic carboxylic acids is 1. The fourth-order valence-electron chi connectivity index (χ4n) is 2.04. The van der Waals surface area contributed by atoms with Crippen LogP contribution >= 0.6 is 0 Å². The van der Waals surface area contributed by atoms with E-state index in [1.165, 1.54) is 6.92 Å². The number of carbonyl (C=O) groups is 2. The number of carbonyl (C=O) groups excluding carboxylic acids is 1. The van der Waals surface area contributed by atoms with Gasteiger partial charge in [0.1, 0.15) is 22.9 Å². The Morgan fingerprint density at radius 2 is 1.93 bits per heavy atom. The molecule has 0 saturated heterocycles. The number of rotatable bonds is 5. The van der Waals surface area contributed by atoms with Crippen LogP contribution in [0.2, 0.25) is 0 Å². The molecule has 7 nitrogen and oxygen atoms in total. The Bertz CT molecular complexity index is 890. The van der Waals surface area contributed by atoms with Crippen molar-refractivity contribution >= 4 is 11.9 Å². The van der Waals surface area contributed by atoms with E-state index in [1.54, 1.807) is 0 Å². The average molecular weight is 391 g/mol. The highest BCUT2D eigenvalue weighted by Gasteiger charge is 2.39. The minimum Gasteiger partial charge on any atom is -0.480 e. The summed E-state index contributed by atoms with van der Waals surface area (Å²) >= 11 is 0. The van der Waals surface area contributed by atoms with Crippen molar-refractivity contribution in [2.75, 3.05) is 7.11 Å². The highest BCUT2D eigenvalue weighted by atomic mass is 19.4. The van der Waals surface area contributed by atoms with Crippen LogP contribution in [0.5, 0.6) is 5.75 Å². The average Bonchev–Trinajstić information content (AvgIpc) is 2.95. The van der Waals surface area contributed by atoms with Crippen LogP contribution in [-0.2, 0) is 4.74 Å². The molecule has 0 aliphatic rings. The largest absolute Gasteiger partial charge is 0.480 e. The number of carboxylic acids is 1. The Balaban J connectivity index is 2.57. The molecule has 0 spiro atoms. The van der Waals surface area contributed by atoms with Crippen LogP contribution in [-0.4, -0.2) is 41.4 Å². The van der Waals surface area contributed by atoms with Crippen molar-refractivity contribution in [1.29, 1.82) is 0 Å². The van der Waals surface area contributed by atoms with E-state index in [9.17, 15) is 27.2 Å². The minimum absolute atomic E-state index is 0.0234. The first-order valence-electron chi connectivity index (χ1n) is 7.32. The fourth-order valence-corrected chi connectivity index (χ4v) is 2.04. The number of methoxy groups -OCH3 is 1. The van der Waals surface area contributed by atoms with E-state index in [0.29, 0.717) is 19.1 Å². The molecule has 0 unspecified atom stereocenters. The lowest BCUT2D eigenvalue weighted by Gasteiger charge is -2.19. The van der Waals surface area contributed by atoms with Crippen molar-refractivity contribution in [2.24, 2.45) is 0 Å². The van der Waals surface area contributed by atoms with E-state index < -0.39 is 52.8 Å². The second kappa shape index (κ2) is 7.25. The first kappa shape index (κ1) is 20.2. The Morgan fingerprint density at radius 1 is 1.30 bits per heavy atom. The predicted molar refractivity (Wildman–Crippen MR) is 81.1 cm³/mol. The van der Waals surface area contributed by atoms with Gasteiger partial charge < -0.3 is 19.0 Å². The number of hydrogen-bond acceptors (Lipinski definition) is 6. The van der Waals surface area contributed by atoms with Gasteiger partial charge in [0.05, 0.1) is 12.7 Å². The van der Waals surface area contributed by atoms with E-state index in [4.69, 9.17) is 9.52 Å². The lowest BCUT2D eigenvalue weighted by Crippen LogP contribution is -2.31. The topological polar surface area (TPSA) is 98.9 Å². The number of benzene rings is 1. The van der Waals surface area contributed by atoms with Gasteiger partial charge in [-0.05, 0) is 26.0 Å².